The molecule has 0 aromatic carbocycles. The third-order valence-corrected chi connectivity index (χ3v) is 2.79. The minimum absolute atomic E-state index is 0.0539. The molecule has 15 heavy (non-hydrogen) atoms. The van der Waals surface area contributed by atoms with E-state index < -0.39 is 5.97 Å². The lowest BCUT2D eigenvalue weighted by molar-refractivity contribution is 0.0683. The van der Waals surface area contributed by atoms with Gasteiger partial charge in [0, 0.05) is 7.05 Å². The number of carboxylic acids is 1. The van der Waals surface area contributed by atoms with Crippen LogP contribution in [-0.4, -0.2) is 15.6 Å². The number of pyridine rings is 1. The van der Waals surface area contributed by atoms with E-state index in [0.29, 0.717) is 10.0 Å². The van der Waals surface area contributed by atoms with Crippen molar-refractivity contribution in [3.63, 3.8) is 0 Å². The molecule has 4 nitrogen and oxygen atoms in total. The van der Waals surface area contributed by atoms with Crippen LogP contribution >= 0.6 is 15.9 Å². The maximum atomic E-state index is 11.5. The minimum Gasteiger partial charge on any atom is -0.477 e. The van der Waals surface area contributed by atoms with E-state index >= 15 is 0 Å². The molecule has 1 N–H and O–H groups in total. The fourth-order valence-corrected chi connectivity index (χ4v) is 1.94. The first-order chi connectivity index (χ1) is 6.86. The Morgan fingerprint density at radius 3 is 2.47 bits per heavy atom. The number of aromatic nitrogens is 1. The monoisotopic (exact) mass is 273 g/mol. The number of hydrogen-bond acceptors (Lipinski definition) is 2. The molecule has 0 radical (unpaired) electrons. The van der Waals surface area contributed by atoms with Gasteiger partial charge in [-0.25, -0.2) is 4.79 Å². The van der Waals surface area contributed by atoms with E-state index in [1.807, 2.05) is 13.8 Å². The van der Waals surface area contributed by atoms with Crippen LogP contribution in [0.5, 0.6) is 0 Å². The molecule has 0 saturated carbocycles. The number of rotatable bonds is 2. The van der Waals surface area contributed by atoms with Crippen LogP contribution < -0.4 is 5.56 Å². The van der Waals surface area contributed by atoms with E-state index in [0.717, 1.165) is 4.57 Å². The van der Waals surface area contributed by atoms with E-state index in [1.54, 1.807) is 6.07 Å². The molecule has 0 bridgehead atoms. The summed E-state index contributed by atoms with van der Waals surface area (Å²) in [6.07, 6.45) is 0. The molecule has 0 aliphatic carbocycles. The normalized spacial score (nSPS) is 10.7. The maximum Gasteiger partial charge on any atom is 0.352 e. The quantitative estimate of drug-likeness (QED) is 0.896. The van der Waals surface area contributed by atoms with Gasteiger partial charge in [0.15, 0.2) is 0 Å². The molecule has 0 aliphatic rings. The summed E-state index contributed by atoms with van der Waals surface area (Å²) in [5.74, 6) is -1.02. The number of halogens is 1. The van der Waals surface area contributed by atoms with Crippen LogP contribution in [0.15, 0.2) is 15.3 Å². The molecule has 0 spiro atoms. The molecule has 1 rings (SSSR count). The molecule has 1 aromatic rings. The number of nitrogens with zero attached hydrogens (tertiary/aromatic N) is 1. The van der Waals surface area contributed by atoms with Crippen molar-refractivity contribution < 1.29 is 9.90 Å². The first-order valence-corrected chi connectivity index (χ1v) is 5.28. The highest BCUT2D eigenvalue weighted by atomic mass is 79.9. The highest BCUT2D eigenvalue weighted by Gasteiger charge is 2.18. The Kier molecular flexibility index (Phi) is 3.34. The van der Waals surface area contributed by atoms with Crippen LogP contribution in [0.1, 0.15) is 35.8 Å². The molecule has 0 atom stereocenters. The van der Waals surface area contributed by atoms with Crippen LogP contribution in [0.25, 0.3) is 0 Å². The van der Waals surface area contributed by atoms with Crippen molar-refractivity contribution in [2.75, 3.05) is 0 Å². The van der Waals surface area contributed by atoms with Crippen molar-refractivity contribution in [1.82, 2.24) is 4.57 Å². The van der Waals surface area contributed by atoms with Gasteiger partial charge in [0.25, 0.3) is 5.56 Å². The molecule has 0 amide bonds. The Morgan fingerprint density at radius 1 is 1.53 bits per heavy atom. The Morgan fingerprint density at radius 2 is 2.07 bits per heavy atom. The standard InChI is InChI=1S/C10H12BrNO3/c1-5(2)6-4-7(11)9(13)12(3)8(6)10(14)15/h4-5H,1-3H3,(H,14,15). The lowest BCUT2D eigenvalue weighted by Crippen LogP contribution is -2.26. The Hall–Kier alpha value is -1.10. The Bertz CT molecular complexity index is 462. The van der Waals surface area contributed by atoms with Crippen LogP contribution in [0.4, 0.5) is 0 Å². The van der Waals surface area contributed by atoms with Crippen molar-refractivity contribution in [3.8, 4) is 0 Å². The summed E-state index contributed by atoms with van der Waals surface area (Å²) in [6.45, 7) is 3.78. The van der Waals surface area contributed by atoms with Crippen molar-refractivity contribution in [2.45, 2.75) is 19.8 Å². The first-order valence-electron chi connectivity index (χ1n) is 4.49. The number of carboxylic acid groups (broad SMARTS) is 1. The van der Waals surface area contributed by atoms with Gasteiger partial charge in [-0.05, 0) is 33.5 Å². The second-order valence-corrected chi connectivity index (χ2v) is 4.47. The Labute approximate surface area is 95.7 Å². The van der Waals surface area contributed by atoms with Gasteiger partial charge in [0.2, 0.25) is 0 Å². The zero-order chi connectivity index (χ0) is 11.7. The summed E-state index contributed by atoms with van der Waals surface area (Å²) in [7, 11) is 1.46. The van der Waals surface area contributed by atoms with Gasteiger partial charge in [-0.1, -0.05) is 13.8 Å². The predicted molar refractivity (Wildman–Crippen MR) is 60.4 cm³/mol. The van der Waals surface area contributed by atoms with E-state index in [2.05, 4.69) is 15.9 Å². The number of carbonyl (C=O) groups is 1. The summed E-state index contributed by atoms with van der Waals surface area (Å²) in [5, 5.41) is 9.04. The molecule has 82 valence electrons. The van der Waals surface area contributed by atoms with Crippen LogP contribution in [0.2, 0.25) is 0 Å². The summed E-state index contributed by atoms with van der Waals surface area (Å²) in [6, 6.07) is 1.58. The predicted octanol–water partition coefficient (Wildman–Crippen LogP) is 1.97. The average Bonchev–Trinajstić information content (AvgIpc) is 2.12. The van der Waals surface area contributed by atoms with E-state index in [1.165, 1.54) is 7.05 Å². The minimum atomic E-state index is -1.08. The zero-order valence-corrected chi connectivity index (χ0v) is 10.3. The lowest BCUT2D eigenvalue weighted by Gasteiger charge is -2.13. The van der Waals surface area contributed by atoms with Crippen molar-refractivity contribution in [3.05, 3.63) is 32.2 Å². The van der Waals surface area contributed by atoms with E-state index in [9.17, 15) is 9.59 Å². The summed E-state index contributed by atoms with van der Waals surface area (Å²) < 4.78 is 1.54. The molecule has 0 fully saturated rings. The molecule has 1 heterocycles. The van der Waals surface area contributed by atoms with Gasteiger partial charge in [-0.15, -0.1) is 0 Å². The van der Waals surface area contributed by atoms with Crippen LogP contribution in [-0.2, 0) is 7.05 Å². The topological polar surface area (TPSA) is 59.3 Å². The van der Waals surface area contributed by atoms with Gasteiger partial charge in [0.1, 0.15) is 5.69 Å². The first kappa shape index (κ1) is 12.0. The fourth-order valence-electron chi connectivity index (χ4n) is 1.43. The number of hydrogen-bond donors (Lipinski definition) is 1. The SMILES string of the molecule is CC(C)c1cc(Br)c(=O)n(C)c1C(=O)O. The summed E-state index contributed by atoms with van der Waals surface area (Å²) >= 11 is 3.12. The summed E-state index contributed by atoms with van der Waals surface area (Å²) in [5.41, 5.74) is 0.367. The van der Waals surface area contributed by atoms with Gasteiger partial charge >= 0.3 is 5.97 Å². The third-order valence-electron chi connectivity index (χ3n) is 2.22. The molecule has 0 unspecified atom stereocenters. The smallest absolute Gasteiger partial charge is 0.352 e. The fraction of sp³-hybridized carbons (Fsp3) is 0.400. The molecule has 0 saturated heterocycles. The van der Waals surface area contributed by atoms with Gasteiger partial charge in [-0.3, -0.25) is 4.79 Å². The second-order valence-electron chi connectivity index (χ2n) is 3.62. The highest BCUT2D eigenvalue weighted by Crippen LogP contribution is 2.20. The lowest BCUT2D eigenvalue weighted by atomic mass is 10.0. The molecule has 0 aliphatic heterocycles. The van der Waals surface area contributed by atoms with Gasteiger partial charge in [0.05, 0.1) is 4.47 Å². The second kappa shape index (κ2) is 4.18. The Balaban J connectivity index is 3.66. The third kappa shape index (κ3) is 2.12. The van der Waals surface area contributed by atoms with E-state index in [-0.39, 0.29) is 17.2 Å². The van der Waals surface area contributed by atoms with Crippen LogP contribution in [0.3, 0.4) is 0 Å². The molecular weight excluding hydrogens is 262 g/mol. The average molecular weight is 274 g/mol. The van der Waals surface area contributed by atoms with Crippen molar-refractivity contribution in [2.24, 2.45) is 7.05 Å². The number of aromatic carboxylic acids is 1. The van der Waals surface area contributed by atoms with Crippen molar-refractivity contribution >= 4 is 21.9 Å². The maximum absolute atomic E-state index is 11.5. The van der Waals surface area contributed by atoms with Crippen LogP contribution in [0, 0.1) is 0 Å². The zero-order valence-electron chi connectivity index (χ0n) is 8.74. The molecule has 5 heteroatoms. The van der Waals surface area contributed by atoms with Gasteiger partial charge in [-0.2, -0.15) is 0 Å². The highest BCUT2D eigenvalue weighted by molar-refractivity contribution is 9.10. The summed E-state index contributed by atoms with van der Waals surface area (Å²) in [4.78, 5) is 22.6. The largest absolute Gasteiger partial charge is 0.477 e. The van der Waals surface area contributed by atoms with Gasteiger partial charge < -0.3 is 9.67 Å². The molecular formula is C10H12BrNO3. The molecule has 1 aromatic heterocycles. The van der Waals surface area contributed by atoms with Crippen molar-refractivity contribution in [1.29, 1.82) is 0 Å². The van der Waals surface area contributed by atoms with E-state index in [4.69, 9.17) is 5.11 Å².